The van der Waals surface area contributed by atoms with Crippen molar-refractivity contribution in [3.8, 4) is 5.75 Å². The van der Waals surface area contributed by atoms with Gasteiger partial charge in [-0.25, -0.2) is 0 Å². The first kappa shape index (κ1) is 63.0. The number of H-pyrrole nitrogens is 1. The number of aromatic nitrogens is 1. The van der Waals surface area contributed by atoms with Gasteiger partial charge < -0.3 is 57.0 Å². The quantitative estimate of drug-likeness (QED) is 0.0291. The number of hydrogen-bond donors (Lipinski definition) is 10. The van der Waals surface area contributed by atoms with Gasteiger partial charge in [0.1, 0.15) is 36.0 Å². The number of aromatic amines is 1. The van der Waals surface area contributed by atoms with E-state index in [1.807, 2.05) is 0 Å². The Morgan fingerprint density at radius 2 is 1.23 bits per heavy atom. The zero-order valence-corrected chi connectivity index (χ0v) is 45.2. The predicted molar refractivity (Wildman–Crippen MR) is 288 cm³/mol. The fourth-order valence-electron chi connectivity index (χ4n) is 7.95. The van der Waals surface area contributed by atoms with E-state index in [2.05, 4.69) is 30.4 Å². The van der Waals surface area contributed by atoms with Gasteiger partial charge in [0.2, 0.25) is 47.3 Å². The summed E-state index contributed by atoms with van der Waals surface area (Å²) in [5.41, 5.74) is 13.8. The first-order chi connectivity index (χ1) is 36.9. The lowest BCUT2D eigenvalue weighted by molar-refractivity contribution is -0.155. The minimum Gasteiger partial charge on any atom is -0.481 e. The van der Waals surface area contributed by atoms with Crippen LogP contribution in [0.4, 0.5) is 0 Å². The van der Waals surface area contributed by atoms with Gasteiger partial charge in [-0.05, 0) is 78.2 Å². The number of hydrogen-bond acceptors (Lipinski definition) is 16. The highest BCUT2D eigenvalue weighted by Crippen LogP contribution is 2.23. The number of fused-ring (bicyclic) bond motifs is 1. The van der Waals surface area contributed by atoms with Crippen LogP contribution in [0.3, 0.4) is 0 Å². The van der Waals surface area contributed by atoms with Gasteiger partial charge in [-0.1, -0.05) is 60.7 Å². The molecule has 0 aliphatic rings. The van der Waals surface area contributed by atoms with E-state index in [0.29, 0.717) is 38.2 Å². The molecule has 8 amide bonds. The molecule has 1 aromatic heterocycles. The van der Waals surface area contributed by atoms with Crippen LogP contribution in [0.5, 0.6) is 5.75 Å². The number of imide groups is 1. The van der Waals surface area contributed by atoms with Gasteiger partial charge in [-0.3, -0.25) is 57.4 Å². The first-order valence-electron chi connectivity index (χ1n) is 24.0. The number of carboxylic acids is 2. The number of primary amides is 1. The zero-order valence-electron chi connectivity index (χ0n) is 42.7. The van der Waals surface area contributed by atoms with Crippen molar-refractivity contribution in [1.29, 1.82) is 0 Å². The average molecular weight is 1140 g/mol. The molecule has 28 heteroatoms. The van der Waals surface area contributed by atoms with Crippen LogP contribution in [0.15, 0.2) is 85.1 Å². The second-order valence-electron chi connectivity index (χ2n) is 17.8. The van der Waals surface area contributed by atoms with E-state index >= 15 is 0 Å². The molecule has 0 spiro atoms. The van der Waals surface area contributed by atoms with Crippen LogP contribution >= 0.6 is 23.5 Å². The third kappa shape index (κ3) is 20.1. The minimum atomic E-state index is -4.80. The highest BCUT2D eigenvalue weighted by molar-refractivity contribution is 7.98. The number of nitrogens with one attached hydrogen (secondary N) is 5. The Morgan fingerprint density at radius 1 is 0.667 bits per heavy atom. The van der Waals surface area contributed by atoms with E-state index in [1.165, 1.54) is 61.0 Å². The number of carbonyl (C=O) groups excluding carboxylic acids is 8. The SMILES string of the molecule is CSCC[C@H](NC(=O)[C@H](Cc1c[nH]c2ccccc12)N(C(=O)CCC(=O)O)C(=O)CN(C)C(=O)[C@H](CCSC)NC(=O)[C@@H](N)Cc1ccc(OS(=O)(=O)O)cc1)C(=O)N[C@@H](CC(=O)O)C(=O)N[C@@H](Cc1ccccc1)C(N)=O. The summed E-state index contributed by atoms with van der Waals surface area (Å²) < 4.78 is 35.5. The molecule has 1 heterocycles. The molecule has 0 unspecified atom stereocenters. The first-order valence-corrected chi connectivity index (χ1v) is 28.2. The lowest BCUT2D eigenvalue weighted by atomic mass is 10.0. The number of thioether (sulfide) groups is 2. The van der Waals surface area contributed by atoms with Crippen molar-refractivity contribution in [2.75, 3.05) is 37.6 Å². The molecule has 0 radical (unpaired) electrons. The molecule has 3 aromatic carbocycles. The van der Waals surface area contributed by atoms with Crippen LogP contribution in [0.1, 0.15) is 48.8 Å². The molecular formula is C50H63N9O16S3. The number of para-hydroxylation sites is 1. The maximum absolute atomic E-state index is 14.9. The van der Waals surface area contributed by atoms with Crippen molar-refractivity contribution in [1.82, 2.24) is 36.1 Å². The number of nitrogens with zero attached hydrogens (tertiary/aromatic N) is 2. The van der Waals surface area contributed by atoms with Gasteiger partial charge in [0.05, 0.1) is 25.4 Å². The summed E-state index contributed by atoms with van der Waals surface area (Å²) in [6.45, 7) is -0.913. The molecule has 0 saturated carbocycles. The molecule has 0 saturated heterocycles. The number of nitrogens with two attached hydrogens (primary N) is 2. The highest BCUT2D eigenvalue weighted by Gasteiger charge is 2.39. The summed E-state index contributed by atoms with van der Waals surface area (Å²) in [5.74, 6) is -10.8. The maximum atomic E-state index is 14.9. The summed E-state index contributed by atoms with van der Waals surface area (Å²) in [6.07, 6.45) is 1.64. The van der Waals surface area contributed by atoms with Crippen molar-refractivity contribution in [3.63, 3.8) is 0 Å². The maximum Gasteiger partial charge on any atom is 0.446 e. The second kappa shape index (κ2) is 30.4. The molecule has 6 atom stereocenters. The van der Waals surface area contributed by atoms with Crippen molar-refractivity contribution >= 4 is 104 Å². The molecule has 422 valence electrons. The number of likely N-dealkylation sites (N-methyl/N-ethyl adjacent to an activating group) is 1. The summed E-state index contributed by atoms with van der Waals surface area (Å²) in [7, 11) is -3.60. The molecule has 0 aliphatic heterocycles. The Labute approximate surface area is 457 Å². The third-order valence-electron chi connectivity index (χ3n) is 11.9. The number of aliphatic carboxylic acids is 2. The second-order valence-corrected chi connectivity index (χ2v) is 20.8. The van der Waals surface area contributed by atoms with E-state index in [9.17, 15) is 66.6 Å². The Kier molecular flexibility index (Phi) is 24.6. The van der Waals surface area contributed by atoms with Crippen LogP contribution in [0, 0.1) is 0 Å². The van der Waals surface area contributed by atoms with E-state index in [-0.39, 0.29) is 37.2 Å². The van der Waals surface area contributed by atoms with Gasteiger partial charge in [0, 0.05) is 43.4 Å². The average Bonchev–Trinajstić information content (AvgIpc) is 3.79. The van der Waals surface area contributed by atoms with Gasteiger partial charge in [0.25, 0.3) is 0 Å². The lowest BCUT2D eigenvalue weighted by Crippen LogP contribution is -2.60. The molecule has 0 aliphatic carbocycles. The summed E-state index contributed by atoms with van der Waals surface area (Å²) in [5, 5.41) is 29.9. The largest absolute Gasteiger partial charge is 0.481 e. The Hall–Kier alpha value is -7.53. The Balaban J connectivity index is 1.67. The fraction of sp³-hybridized carbons (Fsp3) is 0.400. The molecular weight excluding hydrogens is 1080 g/mol. The predicted octanol–water partition coefficient (Wildman–Crippen LogP) is 0.157. The van der Waals surface area contributed by atoms with Crippen molar-refractivity contribution in [2.24, 2.45) is 11.5 Å². The normalized spacial score (nSPS) is 13.6. The van der Waals surface area contributed by atoms with E-state index in [1.54, 1.807) is 67.1 Å². The number of carbonyl (C=O) groups is 10. The number of rotatable bonds is 32. The van der Waals surface area contributed by atoms with Gasteiger partial charge in [-0.15, -0.1) is 0 Å². The molecule has 0 bridgehead atoms. The Bertz CT molecular complexity index is 2890. The standard InChI is InChI=1S/C50H63N9O16S3/c1-58(50(71)37(20-22-77-3)55-46(67)34(51)23-30-13-15-32(16-14-30)75-78(72,73)74)28-42(61)59(41(60)17-18-43(62)63)40(25-31-27-53-35-12-8-7-11-33(31)35)49(70)54-36(19-21-76-2)47(68)57-39(26-44(64)65)48(69)56-38(45(52)66)24-29-9-5-4-6-10-29/h4-16,27,34,36-40,53H,17-26,28,51H2,1-3H3,(H2,52,66)(H,54,70)(H,55,67)(H,56,69)(H,57,68)(H,62,63)(H,64,65)(H,72,73,74)/t34-,36-,37-,38-,39-,40-/m0/s1. The van der Waals surface area contributed by atoms with Crippen LogP contribution in [0.25, 0.3) is 10.9 Å². The lowest BCUT2D eigenvalue weighted by Gasteiger charge is -2.33. The van der Waals surface area contributed by atoms with Crippen molar-refractivity contribution in [3.05, 3.63) is 102 Å². The van der Waals surface area contributed by atoms with Gasteiger partial charge >= 0.3 is 22.3 Å². The minimum absolute atomic E-state index is 0.0272. The molecule has 25 nitrogen and oxygen atoms in total. The smallest absolute Gasteiger partial charge is 0.446 e. The Morgan fingerprint density at radius 3 is 1.83 bits per heavy atom. The van der Waals surface area contributed by atoms with Gasteiger partial charge in [0.15, 0.2) is 0 Å². The molecule has 4 aromatic rings. The zero-order chi connectivity index (χ0) is 57.7. The number of amides is 8. The van der Waals surface area contributed by atoms with Crippen LogP contribution in [-0.4, -0.2) is 171 Å². The molecule has 4 rings (SSSR count). The van der Waals surface area contributed by atoms with E-state index in [0.717, 1.165) is 4.90 Å². The van der Waals surface area contributed by atoms with E-state index in [4.69, 9.17) is 16.0 Å². The monoisotopic (exact) mass is 1140 g/mol. The summed E-state index contributed by atoms with van der Waals surface area (Å²) in [4.78, 5) is 140. The van der Waals surface area contributed by atoms with Crippen molar-refractivity contribution < 1.29 is 75.3 Å². The van der Waals surface area contributed by atoms with Crippen molar-refractivity contribution in [2.45, 2.75) is 87.6 Å². The topological polar surface area (TPSA) is 397 Å². The van der Waals surface area contributed by atoms with Crippen LogP contribution in [0.2, 0.25) is 0 Å². The number of benzene rings is 3. The summed E-state index contributed by atoms with van der Waals surface area (Å²) in [6, 6.07) is 11.4. The third-order valence-corrected chi connectivity index (χ3v) is 13.6. The van der Waals surface area contributed by atoms with E-state index < -0.39 is 138 Å². The highest BCUT2D eigenvalue weighted by atomic mass is 32.3. The van der Waals surface area contributed by atoms with Gasteiger partial charge in [-0.2, -0.15) is 31.9 Å². The fourth-order valence-corrected chi connectivity index (χ4v) is 9.25. The molecule has 78 heavy (non-hydrogen) atoms. The molecule has 0 fully saturated rings. The number of carboxylic acid groups (broad SMARTS) is 2. The summed E-state index contributed by atoms with van der Waals surface area (Å²) >= 11 is 2.58. The molecule has 12 N–H and O–H groups in total. The van der Waals surface area contributed by atoms with Crippen LogP contribution < -0.4 is 36.9 Å². The van der Waals surface area contributed by atoms with Crippen LogP contribution in [-0.2, 0) is 77.6 Å².